The number of hydrogen-bond donors (Lipinski definition) is 3. The van der Waals surface area contributed by atoms with Crippen molar-refractivity contribution in [1.29, 1.82) is 0 Å². The van der Waals surface area contributed by atoms with Crippen molar-refractivity contribution >= 4 is 104 Å². The number of thioether (sulfide) groups is 1. The standard InChI is InChI=1S/C34H24Cl4N4O3S2/c1-19(31(43)42-34-41-29(18-46-34)25-14-13-22(35)16-27(25)37)47-24-11-6-10-23(17-24)39-33(45)28(15-21-9-5-12-26(36)30(21)38)40-32(44)20-7-3-2-4-8-20/h2-19H,1H3,(H,39,45)(H,40,44)(H,41,42,43)/b28-15+. The molecule has 1 aromatic heterocycles. The van der Waals surface area contributed by atoms with Crippen LogP contribution in [0.1, 0.15) is 22.8 Å². The predicted molar refractivity (Wildman–Crippen MR) is 195 cm³/mol. The second kappa shape index (κ2) is 15.8. The molecule has 3 N–H and O–H groups in total. The van der Waals surface area contributed by atoms with Crippen LogP contribution in [-0.2, 0) is 9.59 Å². The molecule has 1 heterocycles. The molecule has 13 heteroatoms. The molecule has 7 nitrogen and oxygen atoms in total. The van der Waals surface area contributed by atoms with Crippen molar-refractivity contribution in [1.82, 2.24) is 10.3 Å². The Balaban J connectivity index is 1.27. The maximum Gasteiger partial charge on any atom is 0.272 e. The van der Waals surface area contributed by atoms with Gasteiger partial charge in [-0.05, 0) is 73.2 Å². The molecule has 0 saturated heterocycles. The largest absolute Gasteiger partial charge is 0.321 e. The summed E-state index contributed by atoms with van der Waals surface area (Å²) in [5, 5.41) is 11.6. The normalized spacial score (nSPS) is 11.9. The van der Waals surface area contributed by atoms with E-state index >= 15 is 0 Å². The van der Waals surface area contributed by atoms with Gasteiger partial charge in [-0.25, -0.2) is 4.98 Å². The van der Waals surface area contributed by atoms with Crippen LogP contribution in [0, 0.1) is 0 Å². The summed E-state index contributed by atoms with van der Waals surface area (Å²) >= 11 is 27.4. The van der Waals surface area contributed by atoms with Crippen LogP contribution in [0.5, 0.6) is 0 Å². The third kappa shape index (κ3) is 9.16. The molecular formula is C34H24Cl4N4O3S2. The monoisotopic (exact) mass is 740 g/mol. The minimum absolute atomic E-state index is 0.0449. The van der Waals surface area contributed by atoms with E-state index in [0.29, 0.717) is 48.3 Å². The molecule has 3 amide bonds. The number of nitrogens with one attached hydrogen (secondary N) is 3. The molecule has 238 valence electrons. The van der Waals surface area contributed by atoms with Crippen molar-refractivity contribution in [3.63, 3.8) is 0 Å². The molecule has 0 bridgehead atoms. The lowest BCUT2D eigenvalue weighted by molar-refractivity contribution is -0.115. The van der Waals surface area contributed by atoms with Crippen molar-refractivity contribution in [2.75, 3.05) is 10.6 Å². The summed E-state index contributed by atoms with van der Waals surface area (Å²) in [6.45, 7) is 1.77. The van der Waals surface area contributed by atoms with Gasteiger partial charge in [0.2, 0.25) is 5.91 Å². The Morgan fingerprint density at radius 3 is 2.38 bits per heavy atom. The van der Waals surface area contributed by atoms with Crippen molar-refractivity contribution in [2.45, 2.75) is 17.1 Å². The topological polar surface area (TPSA) is 100 Å². The molecule has 5 rings (SSSR count). The molecule has 0 spiro atoms. The van der Waals surface area contributed by atoms with Crippen LogP contribution in [0.4, 0.5) is 10.8 Å². The Hall–Kier alpha value is -3.83. The number of halogens is 4. The Morgan fingerprint density at radius 1 is 0.851 bits per heavy atom. The van der Waals surface area contributed by atoms with Gasteiger partial charge in [0.25, 0.3) is 11.8 Å². The number of carbonyl (C=O) groups excluding carboxylic acids is 3. The van der Waals surface area contributed by atoms with Crippen LogP contribution in [-0.4, -0.2) is 28.0 Å². The fourth-order valence-electron chi connectivity index (χ4n) is 4.19. The average Bonchev–Trinajstić information content (AvgIpc) is 3.51. The summed E-state index contributed by atoms with van der Waals surface area (Å²) in [7, 11) is 0. The van der Waals surface area contributed by atoms with Crippen LogP contribution >= 0.6 is 69.5 Å². The molecule has 5 aromatic rings. The first kappa shape index (κ1) is 34.5. The van der Waals surface area contributed by atoms with Crippen molar-refractivity contribution < 1.29 is 14.4 Å². The molecular weight excluding hydrogens is 718 g/mol. The maximum atomic E-state index is 13.5. The van der Waals surface area contributed by atoms with Crippen molar-refractivity contribution in [2.24, 2.45) is 0 Å². The minimum atomic E-state index is -0.585. The predicted octanol–water partition coefficient (Wildman–Crippen LogP) is 9.95. The van der Waals surface area contributed by atoms with Crippen molar-refractivity contribution in [3.05, 3.63) is 133 Å². The lowest BCUT2D eigenvalue weighted by Crippen LogP contribution is -2.30. The van der Waals surface area contributed by atoms with Gasteiger partial charge in [-0.3, -0.25) is 14.4 Å². The van der Waals surface area contributed by atoms with E-state index in [4.69, 9.17) is 46.4 Å². The number of amides is 3. The first-order chi connectivity index (χ1) is 22.6. The lowest BCUT2D eigenvalue weighted by Gasteiger charge is -2.14. The van der Waals surface area contributed by atoms with Gasteiger partial charge < -0.3 is 16.0 Å². The molecule has 47 heavy (non-hydrogen) atoms. The van der Waals surface area contributed by atoms with Gasteiger partial charge in [-0.1, -0.05) is 82.8 Å². The molecule has 0 aliphatic rings. The van der Waals surface area contributed by atoms with E-state index in [1.165, 1.54) is 29.2 Å². The fourth-order valence-corrected chi connectivity index (χ4v) is 6.70. The van der Waals surface area contributed by atoms with Crippen LogP contribution in [0.15, 0.2) is 107 Å². The molecule has 0 aliphatic carbocycles. The van der Waals surface area contributed by atoms with E-state index in [1.54, 1.807) is 97.2 Å². The summed E-state index contributed by atoms with van der Waals surface area (Å²) in [5.74, 6) is -1.31. The summed E-state index contributed by atoms with van der Waals surface area (Å²) in [6.07, 6.45) is 1.46. The van der Waals surface area contributed by atoms with E-state index in [-0.39, 0.29) is 16.6 Å². The molecule has 0 saturated carbocycles. The van der Waals surface area contributed by atoms with Crippen LogP contribution < -0.4 is 16.0 Å². The minimum Gasteiger partial charge on any atom is -0.321 e. The number of rotatable bonds is 10. The number of anilines is 2. The number of benzene rings is 4. The Morgan fingerprint density at radius 2 is 1.62 bits per heavy atom. The van der Waals surface area contributed by atoms with Crippen LogP contribution in [0.3, 0.4) is 0 Å². The summed E-state index contributed by atoms with van der Waals surface area (Å²) < 4.78 is 0. The molecule has 1 unspecified atom stereocenters. The molecule has 0 fully saturated rings. The smallest absolute Gasteiger partial charge is 0.272 e. The van der Waals surface area contributed by atoms with Gasteiger partial charge in [0.15, 0.2) is 5.13 Å². The SMILES string of the molecule is CC(Sc1cccc(NC(=O)/C(=C\c2cccc(Cl)c2Cl)NC(=O)c2ccccc2)c1)C(=O)Nc1nc(-c2ccc(Cl)cc2Cl)cs1. The summed E-state index contributed by atoms with van der Waals surface area (Å²) in [4.78, 5) is 44.7. The number of aromatic nitrogens is 1. The van der Waals surface area contributed by atoms with Gasteiger partial charge in [-0.2, -0.15) is 0 Å². The Kier molecular flexibility index (Phi) is 11.6. The zero-order valence-electron chi connectivity index (χ0n) is 24.4. The quantitative estimate of drug-likeness (QED) is 0.0978. The van der Waals surface area contributed by atoms with Gasteiger partial charge >= 0.3 is 0 Å². The van der Waals surface area contributed by atoms with E-state index in [2.05, 4.69) is 20.9 Å². The van der Waals surface area contributed by atoms with Gasteiger partial charge in [0.05, 0.1) is 26.0 Å². The zero-order valence-corrected chi connectivity index (χ0v) is 29.0. The maximum absolute atomic E-state index is 13.5. The van der Waals surface area contributed by atoms with E-state index in [9.17, 15) is 14.4 Å². The first-order valence-electron chi connectivity index (χ1n) is 13.9. The summed E-state index contributed by atoms with van der Waals surface area (Å²) in [5.41, 5.74) is 2.57. The first-order valence-corrected chi connectivity index (χ1v) is 17.2. The fraction of sp³-hybridized carbons (Fsp3) is 0.0588. The molecule has 1 atom stereocenters. The van der Waals surface area contributed by atoms with E-state index in [0.717, 1.165) is 4.90 Å². The Bertz CT molecular complexity index is 1990. The number of carbonyl (C=O) groups is 3. The number of thiazole rings is 1. The highest BCUT2D eigenvalue weighted by atomic mass is 35.5. The Labute approximate surface area is 299 Å². The lowest BCUT2D eigenvalue weighted by atomic mass is 10.1. The molecule has 0 aliphatic heterocycles. The van der Waals surface area contributed by atoms with E-state index in [1.807, 2.05) is 6.07 Å². The number of hydrogen-bond acceptors (Lipinski definition) is 6. The van der Waals surface area contributed by atoms with Gasteiger partial charge in [0, 0.05) is 32.1 Å². The van der Waals surface area contributed by atoms with Crippen LogP contribution in [0.2, 0.25) is 20.1 Å². The molecule has 4 aromatic carbocycles. The van der Waals surface area contributed by atoms with Crippen molar-refractivity contribution in [3.8, 4) is 11.3 Å². The second-order valence-corrected chi connectivity index (χ2v) is 13.8. The van der Waals surface area contributed by atoms with Crippen LogP contribution in [0.25, 0.3) is 17.3 Å². The highest BCUT2D eigenvalue weighted by molar-refractivity contribution is 8.00. The van der Waals surface area contributed by atoms with Gasteiger partial charge in [0.1, 0.15) is 5.70 Å². The van der Waals surface area contributed by atoms with Gasteiger partial charge in [-0.15, -0.1) is 23.1 Å². The zero-order chi connectivity index (χ0) is 33.5. The highest BCUT2D eigenvalue weighted by Crippen LogP contribution is 2.33. The second-order valence-electron chi connectivity index (χ2n) is 9.91. The number of nitrogens with zero attached hydrogens (tertiary/aromatic N) is 1. The van der Waals surface area contributed by atoms with E-state index < -0.39 is 17.1 Å². The third-order valence-electron chi connectivity index (χ3n) is 6.53. The highest BCUT2D eigenvalue weighted by Gasteiger charge is 2.19. The third-order valence-corrected chi connectivity index (χ3v) is 9.76. The average molecular weight is 743 g/mol. The molecule has 0 radical (unpaired) electrons. The summed E-state index contributed by atoms with van der Waals surface area (Å²) in [6, 6.07) is 25.7.